The third kappa shape index (κ3) is 7.13. The van der Waals surface area contributed by atoms with E-state index in [0.29, 0.717) is 0 Å². The second-order valence-electron chi connectivity index (χ2n) is 14.3. The average Bonchev–Trinajstić information content (AvgIpc) is 3.62. The van der Waals surface area contributed by atoms with Gasteiger partial charge in [0, 0.05) is 50.6 Å². The van der Waals surface area contributed by atoms with Crippen molar-refractivity contribution < 1.29 is 0 Å². The molecule has 0 bridgehead atoms. The molecule has 0 fully saturated rings. The molecule has 0 saturated carbocycles. The highest BCUT2D eigenvalue weighted by Gasteiger charge is 2.17. The Labute approximate surface area is 341 Å². The fourth-order valence-electron chi connectivity index (χ4n) is 7.85. The minimum Gasteiger partial charge on any atom is -0.311 e. The molecule has 0 amide bonds. The molecule has 9 aromatic rings. The summed E-state index contributed by atoms with van der Waals surface area (Å²) in [4.78, 5) is 4.57. The van der Waals surface area contributed by atoms with Crippen molar-refractivity contribution in [2.45, 2.75) is 6.92 Å². The van der Waals surface area contributed by atoms with E-state index in [1.54, 1.807) is 0 Å². The summed E-state index contributed by atoms with van der Waals surface area (Å²) < 4.78 is 2.37. The van der Waals surface area contributed by atoms with Crippen LogP contribution in [0, 0.1) is 0 Å². The Balaban J connectivity index is 1.09. The summed E-state index contributed by atoms with van der Waals surface area (Å²) >= 11 is 0. The van der Waals surface area contributed by atoms with Crippen LogP contribution < -0.4 is 9.80 Å². The first-order valence-corrected chi connectivity index (χ1v) is 19.7. The van der Waals surface area contributed by atoms with Crippen LogP contribution in [-0.2, 0) is 0 Å². The number of anilines is 5. The van der Waals surface area contributed by atoms with Crippen molar-refractivity contribution in [1.29, 1.82) is 0 Å². The van der Waals surface area contributed by atoms with Gasteiger partial charge in [0.25, 0.3) is 0 Å². The van der Waals surface area contributed by atoms with Crippen molar-refractivity contribution in [3.05, 3.63) is 248 Å². The smallest absolute Gasteiger partial charge is 0.0541 e. The number of hydrogen-bond donors (Lipinski definition) is 0. The van der Waals surface area contributed by atoms with Crippen LogP contribution in [0.3, 0.4) is 0 Å². The molecule has 278 valence electrons. The summed E-state index contributed by atoms with van der Waals surface area (Å²) in [6, 6.07) is 75.2. The summed E-state index contributed by atoms with van der Waals surface area (Å²) in [6.45, 7) is 6.66. The van der Waals surface area contributed by atoms with Gasteiger partial charge in [-0.05, 0) is 132 Å². The summed E-state index contributed by atoms with van der Waals surface area (Å²) in [5.74, 6) is 0. The van der Waals surface area contributed by atoms with E-state index in [9.17, 15) is 0 Å². The maximum Gasteiger partial charge on any atom is 0.0541 e. The van der Waals surface area contributed by atoms with Crippen molar-refractivity contribution in [1.82, 2.24) is 4.57 Å². The summed E-state index contributed by atoms with van der Waals surface area (Å²) in [5.41, 5.74) is 14.4. The molecule has 3 heteroatoms. The average molecular weight is 746 g/mol. The van der Waals surface area contributed by atoms with Crippen LogP contribution in [0.2, 0.25) is 0 Å². The van der Waals surface area contributed by atoms with Gasteiger partial charge in [0.05, 0.1) is 11.0 Å². The molecule has 0 spiro atoms. The summed E-state index contributed by atoms with van der Waals surface area (Å²) in [6.07, 6.45) is 6.45. The zero-order valence-corrected chi connectivity index (χ0v) is 32.5. The SMILES string of the molecule is C=C(/C=C\C(=C/C)N(c1ccccc1)c1ccccc1)c1ccc2c(c1)c1cc(-c3ccc(N(c4ccccc4)c4ccccc4)cc3)ccc1n2-c1ccccc1. The third-order valence-corrected chi connectivity index (χ3v) is 10.7. The first-order chi connectivity index (χ1) is 28.7. The molecule has 0 unspecified atom stereocenters. The Morgan fingerprint density at radius 1 is 0.448 bits per heavy atom. The molecule has 0 N–H and O–H groups in total. The van der Waals surface area contributed by atoms with Crippen LogP contribution in [0.4, 0.5) is 28.4 Å². The van der Waals surface area contributed by atoms with Gasteiger partial charge < -0.3 is 14.4 Å². The second-order valence-corrected chi connectivity index (χ2v) is 14.3. The van der Waals surface area contributed by atoms with E-state index in [1.165, 1.54) is 16.3 Å². The number of para-hydroxylation sites is 5. The molecule has 58 heavy (non-hydrogen) atoms. The molecule has 1 heterocycles. The zero-order valence-electron chi connectivity index (χ0n) is 32.5. The zero-order chi connectivity index (χ0) is 39.3. The quantitative estimate of drug-likeness (QED) is 0.122. The lowest BCUT2D eigenvalue weighted by molar-refractivity contribution is 1.18. The van der Waals surface area contributed by atoms with Gasteiger partial charge in [-0.1, -0.05) is 134 Å². The van der Waals surface area contributed by atoms with E-state index in [4.69, 9.17) is 0 Å². The molecule has 0 aliphatic carbocycles. The van der Waals surface area contributed by atoms with Crippen LogP contribution >= 0.6 is 0 Å². The molecule has 1 aromatic heterocycles. The predicted octanol–water partition coefficient (Wildman–Crippen LogP) is 15.2. The minimum atomic E-state index is 0.941. The number of allylic oxidation sites excluding steroid dienone is 4. The largest absolute Gasteiger partial charge is 0.311 e. The van der Waals surface area contributed by atoms with Gasteiger partial charge in [0.15, 0.2) is 0 Å². The Morgan fingerprint density at radius 3 is 1.43 bits per heavy atom. The number of benzene rings is 8. The van der Waals surface area contributed by atoms with Gasteiger partial charge in [0.1, 0.15) is 0 Å². The first-order valence-electron chi connectivity index (χ1n) is 19.7. The summed E-state index contributed by atoms with van der Waals surface area (Å²) in [7, 11) is 0. The predicted molar refractivity (Wildman–Crippen MR) is 248 cm³/mol. The van der Waals surface area contributed by atoms with Crippen molar-refractivity contribution in [3.63, 3.8) is 0 Å². The number of fused-ring (bicyclic) bond motifs is 3. The Kier molecular flexibility index (Phi) is 10.1. The molecule has 0 saturated heterocycles. The van der Waals surface area contributed by atoms with Gasteiger partial charge >= 0.3 is 0 Å². The molecule has 8 aromatic carbocycles. The molecular formula is C55H43N3. The molecule has 0 aliphatic rings. The highest BCUT2D eigenvalue weighted by atomic mass is 15.1. The lowest BCUT2D eigenvalue weighted by atomic mass is 10.00. The van der Waals surface area contributed by atoms with Crippen LogP contribution in [-0.4, -0.2) is 4.57 Å². The molecule has 3 nitrogen and oxygen atoms in total. The lowest BCUT2D eigenvalue weighted by Gasteiger charge is -2.26. The number of hydrogen-bond acceptors (Lipinski definition) is 2. The van der Waals surface area contributed by atoms with E-state index in [0.717, 1.165) is 67.6 Å². The van der Waals surface area contributed by atoms with Crippen LogP contribution in [0.15, 0.2) is 243 Å². The second kappa shape index (κ2) is 16.2. The van der Waals surface area contributed by atoms with E-state index in [-0.39, 0.29) is 0 Å². The van der Waals surface area contributed by atoms with Gasteiger partial charge in [-0.3, -0.25) is 0 Å². The van der Waals surface area contributed by atoms with E-state index < -0.39 is 0 Å². The summed E-state index contributed by atoms with van der Waals surface area (Å²) in [5, 5.41) is 2.38. The molecule has 0 radical (unpaired) electrons. The van der Waals surface area contributed by atoms with Gasteiger partial charge in [-0.15, -0.1) is 0 Å². The molecular weight excluding hydrogens is 703 g/mol. The highest BCUT2D eigenvalue weighted by Crippen LogP contribution is 2.39. The molecule has 0 aliphatic heterocycles. The van der Waals surface area contributed by atoms with Crippen molar-refractivity contribution in [2.75, 3.05) is 9.80 Å². The van der Waals surface area contributed by atoms with E-state index in [2.05, 4.69) is 258 Å². The normalized spacial score (nSPS) is 11.6. The Hall–Kier alpha value is -7.62. The van der Waals surface area contributed by atoms with Crippen LogP contribution in [0.25, 0.3) is 44.2 Å². The minimum absolute atomic E-state index is 0.941. The van der Waals surface area contributed by atoms with Crippen molar-refractivity contribution >= 4 is 55.8 Å². The van der Waals surface area contributed by atoms with Crippen molar-refractivity contribution in [3.8, 4) is 16.8 Å². The fourth-order valence-corrected chi connectivity index (χ4v) is 7.85. The Bertz CT molecular complexity index is 2800. The van der Waals surface area contributed by atoms with Crippen LogP contribution in [0.1, 0.15) is 12.5 Å². The third-order valence-electron chi connectivity index (χ3n) is 10.7. The first kappa shape index (κ1) is 36.0. The molecule has 0 atom stereocenters. The highest BCUT2D eigenvalue weighted by molar-refractivity contribution is 6.11. The van der Waals surface area contributed by atoms with Gasteiger partial charge in [-0.25, -0.2) is 0 Å². The van der Waals surface area contributed by atoms with Crippen LogP contribution in [0.5, 0.6) is 0 Å². The standard InChI is InChI=1S/C55H43N3/c1-3-45(56(46-19-9-4-10-20-46)47-21-11-5-12-22-47)34-29-41(2)43-32-37-54-52(39-43)53-40-44(33-38-55(53)58(54)50-27-17-8-18-28-50)42-30-35-51(36-31-42)57(48-23-13-6-14-24-48)49-25-15-7-16-26-49/h3-40H,2H2,1H3/b34-29-,45-3+. The van der Waals surface area contributed by atoms with E-state index in [1.807, 2.05) is 0 Å². The van der Waals surface area contributed by atoms with Gasteiger partial charge in [0.2, 0.25) is 0 Å². The fraction of sp³-hybridized carbons (Fsp3) is 0.0182. The van der Waals surface area contributed by atoms with Crippen molar-refractivity contribution in [2.24, 2.45) is 0 Å². The van der Waals surface area contributed by atoms with Gasteiger partial charge in [-0.2, -0.15) is 0 Å². The number of aromatic nitrogens is 1. The van der Waals surface area contributed by atoms with E-state index >= 15 is 0 Å². The Morgan fingerprint density at radius 2 is 0.897 bits per heavy atom. The topological polar surface area (TPSA) is 11.4 Å². The number of nitrogens with zero attached hydrogens (tertiary/aromatic N) is 3. The molecule has 9 rings (SSSR count). The number of rotatable bonds is 11. The lowest BCUT2D eigenvalue weighted by Crippen LogP contribution is -2.14. The monoisotopic (exact) mass is 745 g/mol. The maximum absolute atomic E-state index is 4.58. The maximum atomic E-state index is 4.58.